The van der Waals surface area contributed by atoms with E-state index in [0.29, 0.717) is 13.2 Å². The van der Waals surface area contributed by atoms with E-state index < -0.39 is 0 Å². The molecule has 3 heteroatoms. The molecular weight excluding hydrogens is 226 g/mol. The van der Waals surface area contributed by atoms with E-state index in [2.05, 4.69) is 0 Å². The highest BCUT2D eigenvalue weighted by Gasteiger charge is 2.08. The second kappa shape index (κ2) is 6.38. The van der Waals surface area contributed by atoms with Crippen LogP contribution in [0.15, 0.2) is 46.9 Å². The molecule has 0 saturated carbocycles. The van der Waals surface area contributed by atoms with E-state index in [-0.39, 0.29) is 6.04 Å². The standard InChI is InChI=1S/C15H19NO2/c1-2-14(16)15-9-8-13(18-15)11-17-10-12-6-4-3-5-7-12/h3-9,14H,2,10-11,16H2,1H3. The normalized spacial score (nSPS) is 12.6. The summed E-state index contributed by atoms with van der Waals surface area (Å²) < 4.78 is 11.2. The molecule has 96 valence electrons. The van der Waals surface area contributed by atoms with Crippen molar-refractivity contribution in [3.05, 3.63) is 59.5 Å². The molecule has 0 fully saturated rings. The molecule has 0 aliphatic heterocycles. The number of hydrogen-bond donors (Lipinski definition) is 1. The lowest BCUT2D eigenvalue weighted by atomic mass is 10.2. The first-order chi connectivity index (χ1) is 8.79. The second-order valence-corrected chi connectivity index (χ2v) is 4.30. The fourth-order valence-corrected chi connectivity index (χ4v) is 1.72. The highest BCUT2D eigenvalue weighted by Crippen LogP contribution is 2.17. The van der Waals surface area contributed by atoms with E-state index in [1.807, 2.05) is 49.4 Å². The zero-order chi connectivity index (χ0) is 12.8. The van der Waals surface area contributed by atoms with Gasteiger partial charge in [0.05, 0.1) is 12.6 Å². The number of benzene rings is 1. The van der Waals surface area contributed by atoms with Gasteiger partial charge in [-0.25, -0.2) is 0 Å². The van der Waals surface area contributed by atoms with Crippen LogP contribution in [0.25, 0.3) is 0 Å². The lowest BCUT2D eigenvalue weighted by Gasteiger charge is -2.04. The topological polar surface area (TPSA) is 48.4 Å². The smallest absolute Gasteiger partial charge is 0.129 e. The summed E-state index contributed by atoms with van der Waals surface area (Å²) in [7, 11) is 0. The Labute approximate surface area is 108 Å². The van der Waals surface area contributed by atoms with Crippen LogP contribution in [-0.4, -0.2) is 0 Å². The van der Waals surface area contributed by atoms with Crippen LogP contribution < -0.4 is 5.73 Å². The Kier molecular flexibility index (Phi) is 4.56. The molecule has 0 aliphatic rings. The van der Waals surface area contributed by atoms with Crippen LogP contribution in [0.1, 0.15) is 36.5 Å². The predicted octanol–water partition coefficient (Wildman–Crippen LogP) is 3.41. The Morgan fingerprint density at radius 1 is 1.11 bits per heavy atom. The maximum atomic E-state index is 5.89. The lowest BCUT2D eigenvalue weighted by molar-refractivity contribution is 0.0917. The number of nitrogens with two attached hydrogens (primary N) is 1. The highest BCUT2D eigenvalue weighted by molar-refractivity contribution is 5.13. The molecule has 1 aromatic carbocycles. The molecule has 0 amide bonds. The number of furan rings is 1. The lowest BCUT2D eigenvalue weighted by Crippen LogP contribution is -2.06. The van der Waals surface area contributed by atoms with Gasteiger partial charge in [-0.1, -0.05) is 37.3 Å². The quantitative estimate of drug-likeness (QED) is 0.848. The van der Waals surface area contributed by atoms with Crippen molar-refractivity contribution >= 4 is 0 Å². The maximum absolute atomic E-state index is 5.89. The van der Waals surface area contributed by atoms with Crippen LogP contribution in [-0.2, 0) is 18.0 Å². The zero-order valence-corrected chi connectivity index (χ0v) is 10.6. The summed E-state index contributed by atoms with van der Waals surface area (Å²) in [6, 6.07) is 13.9. The molecule has 1 unspecified atom stereocenters. The summed E-state index contributed by atoms with van der Waals surface area (Å²) in [6.45, 7) is 3.11. The van der Waals surface area contributed by atoms with E-state index in [1.54, 1.807) is 0 Å². The number of rotatable bonds is 6. The Morgan fingerprint density at radius 2 is 1.89 bits per heavy atom. The Hall–Kier alpha value is -1.58. The Morgan fingerprint density at radius 3 is 2.61 bits per heavy atom. The third-order valence-electron chi connectivity index (χ3n) is 2.84. The van der Waals surface area contributed by atoms with Gasteiger partial charge in [0.1, 0.15) is 18.1 Å². The van der Waals surface area contributed by atoms with E-state index in [4.69, 9.17) is 14.9 Å². The average Bonchev–Trinajstić information content (AvgIpc) is 2.88. The minimum atomic E-state index is -0.0205. The van der Waals surface area contributed by atoms with Gasteiger partial charge in [0.25, 0.3) is 0 Å². The van der Waals surface area contributed by atoms with E-state index in [1.165, 1.54) is 0 Å². The molecule has 2 aromatic rings. The second-order valence-electron chi connectivity index (χ2n) is 4.30. The summed E-state index contributed by atoms with van der Waals surface area (Å²) in [4.78, 5) is 0. The monoisotopic (exact) mass is 245 g/mol. The van der Waals surface area contributed by atoms with Gasteiger partial charge in [-0.15, -0.1) is 0 Å². The van der Waals surface area contributed by atoms with Crippen molar-refractivity contribution in [2.75, 3.05) is 0 Å². The molecule has 18 heavy (non-hydrogen) atoms. The van der Waals surface area contributed by atoms with Crippen molar-refractivity contribution in [2.45, 2.75) is 32.6 Å². The van der Waals surface area contributed by atoms with Crippen LogP contribution in [0.4, 0.5) is 0 Å². The minimum absolute atomic E-state index is 0.0205. The van der Waals surface area contributed by atoms with Crippen LogP contribution >= 0.6 is 0 Å². The fourth-order valence-electron chi connectivity index (χ4n) is 1.72. The van der Waals surface area contributed by atoms with Crippen molar-refractivity contribution < 1.29 is 9.15 Å². The first-order valence-corrected chi connectivity index (χ1v) is 6.25. The fraction of sp³-hybridized carbons (Fsp3) is 0.333. The molecule has 2 rings (SSSR count). The molecule has 2 N–H and O–H groups in total. The van der Waals surface area contributed by atoms with Gasteiger partial charge in [0.2, 0.25) is 0 Å². The summed E-state index contributed by atoms with van der Waals surface area (Å²) in [5, 5.41) is 0. The first kappa shape index (κ1) is 12.9. The van der Waals surface area contributed by atoms with Gasteiger partial charge in [0.15, 0.2) is 0 Å². The molecule has 0 bridgehead atoms. The van der Waals surface area contributed by atoms with Crippen LogP contribution in [0.5, 0.6) is 0 Å². The van der Waals surface area contributed by atoms with Crippen molar-refractivity contribution in [3.63, 3.8) is 0 Å². The van der Waals surface area contributed by atoms with Crippen molar-refractivity contribution in [3.8, 4) is 0 Å². The number of ether oxygens (including phenoxy) is 1. The van der Waals surface area contributed by atoms with Crippen LogP contribution in [0, 0.1) is 0 Å². The predicted molar refractivity (Wildman–Crippen MR) is 70.9 cm³/mol. The van der Waals surface area contributed by atoms with E-state index >= 15 is 0 Å². The van der Waals surface area contributed by atoms with Gasteiger partial charge in [-0.2, -0.15) is 0 Å². The third kappa shape index (κ3) is 3.45. The van der Waals surface area contributed by atoms with Gasteiger partial charge in [-0.3, -0.25) is 0 Å². The van der Waals surface area contributed by atoms with Gasteiger partial charge < -0.3 is 14.9 Å². The van der Waals surface area contributed by atoms with Crippen molar-refractivity contribution in [2.24, 2.45) is 5.73 Å². The number of hydrogen-bond acceptors (Lipinski definition) is 3. The summed E-state index contributed by atoms with van der Waals surface area (Å²) >= 11 is 0. The summed E-state index contributed by atoms with van der Waals surface area (Å²) in [6.07, 6.45) is 0.873. The highest BCUT2D eigenvalue weighted by atomic mass is 16.5. The van der Waals surface area contributed by atoms with Crippen LogP contribution in [0.3, 0.4) is 0 Å². The zero-order valence-electron chi connectivity index (χ0n) is 10.6. The molecular formula is C15H19NO2. The van der Waals surface area contributed by atoms with E-state index in [0.717, 1.165) is 23.5 Å². The third-order valence-corrected chi connectivity index (χ3v) is 2.84. The molecule has 0 radical (unpaired) electrons. The molecule has 1 aromatic heterocycles. The molecule has 0 spiro atoms. The molecule has 0 saturated heterocycles. The van der Waals surface area contributed by atoms with E-state index in [9.17, 15) is 0 Å². The maximum Gasteiger partial charge on any atom is 0.129 e. The van der Waals surface area contributed by atoms with Gasteiger partial charge in [0, 0.05) is 0 Å². The molecule has 3 nitrogen and oxygen atoms in total. The minimum Gasteiger partial charge on any atom is -0.462 e. The summed E-state index contributed by atoms with van der Waals surface area (Å²) in [5.41, 5.74) is 7.05. The van der Waals surface area contributed by atoms with Gasteiger partial charge >= 0.3 is 0 Å². The SMILES string of the molecule is CCC(N)c1ccc(COCc2ccccc2)o1. The average molecular weight is 245 g/mol. The molecule has 1 heterocycles. The van der Waals surface area contributed by atoms with Crippen LogP contribution in [0.2, 0.25) is 0 Å². The molecule has 0 aliphatic carbocycles. The largest absolute Gasteiger partial charge is 0.462 e. The van der Waals surface area contributed by atoms with Crippen molar-refractivity contribution in [1.82, 2.24) is 0 Å². The Balaban J connectivity index is 1.82. The first-order valence-electron chi connectivity index (χ1n) is 6.25. The van der Waals surface area contributed by atoms with Crippen molar-refractivity contribution in [1.29, 1.82) is 0 Å². The molecule has 1 atom stereocenters. The van der Waals surface area contributed by atoms with Gasteiger partial charge in [-0.05, 0) is 24.1 Å². The summed E-state index contributed by atoms with van der Waals surface area (Å²) in [5.74, 6) is 1.65. The Bertz CT molecular complexity index is 464.